The number of allylic oxidation sites excluding steroid dienone is 1. The van der Waals surface area contributed by atoms with Crippen molar-refractivity contribution in [3.63, 3.8) is 0 Å². The molecule has 1 atom stereocenters. The van der Waals surface area contributed by atoms with E-state index in [1.807, 2.05) is 79.7 Å². The lowest BCUT2D eigenvalue weighted by Crippen LogP contribution is -2.22. The molecule has 4 aromatic rings. The van der Waals surface area contributed by atoms with Gasteiger partial charge in [0.2, 0.25) is 0 Å². The third-order valence-electron chi connectivity index (χ3n) is 6.14. The van der Waals surface area contributed by atoms with Crippen molar-refractivity contribution >= 4 is 23.1 Å². The lowest BCUT2D eigenvalue weighted by molar-refractivity contribution is 0.102. The Morgan fingerprint density at radius 3 is 2.49 bits per heavy atom. The predicted octanol–water partition coefficient (Wildman–Crippen LogP) is 5.61. The molecule has 0 saturated carbocycles. The number of benzene rings is 3. The first-order chi connectivity index (χ1) is 18.1. The van der Waals surface area contributed by atoms with Crippen LogP contribution in [0.1, 0.15) is 34.5 Å². The smallest absolute Gasteiger partial charge is 0.261 e. The van der Waals surface area contributed by atoms with Crippen molar-refractivity contribution in [2.24, 2.45) is 0 Å². The molecule has 2 heterocycles. The van der Waals surface area contributed by atoms with Crippen molar-refractivity contribution in [1.29, 1.82) is 0 Å². The van der Waals surface area contributed by atoms with E-state index in [0.717, 1.165) is 22.6 Å². The fourth-order valence-corrected chi connectivity index (χ4v) is 4.41. The predicted molar refractivity (Wildman–Crippen MR) is 144 cm³/mol. The van der Waals surface area contributed by atoms with Crippen LogP contribution in [-0.2, 0) is 0 Å². The van der Waals surface area contributed by atoms with Crippen LogP contribution in [0.3, 0.4) is 0 Å². The molecule has 5 rings (SSSR count). The van der Waals surface area contributed by atoms with E-state index in [2.05, 4.69) is 21.8 Å². The third kappa shape index (κ3) is 4.73. The second-order valence-corrected chi connectivity index (χ2v) is 8.36. The molecule has 1 aliphatic heterocycles. The number of nitrogens with zero attached hydrogens (tertiary/aromatic N) is 2. The fourth-order valence-electron chi connectivity index (χ4n) is 4.41. The molecular weight excluding hydrogens is 468 g/mol. The normalized spacial score (nSPS) is 14.1. The summed E-state index contributed by atoms with van der Waals surface area (Å²) in [4.78, 5) is 13.4. The summed E-state index contributed by atoms with van der Waals surface area (Å²) in [7, 11) is 3.22. The zero-order valence-electron chi connectivity index (χ0n) is 20.9. The van der Waals surface area contributed by atoms with Gasteiger partial charge >= 0.3 is 0 Å². The van der Waals surface area contributed by atoms with Crippen LogP contribution in [0, 0.1) is 0 Å². The monoisotopic (exact) mass is 496 g/mol. The van der Waals surface area contributed by atoms with Crippen molar-refractivity contribution in [3.05, 3.63) is 102 Å². The van der Waals surface area contributed by atoms with Gasteiger partial charge in [0.25, 0.3) is 5.91 Å². The van der Waals surface area contributed by atoms with Crippen molar-refractivity contribution in [2.75, 3.05) is 31.5 Å². The van der Waals surface area contributed by atoms with Gasteiger partial charge in [0, 0.05) is 16.9 Å². The lowest BCUT2D eigenvalue weighted by Gasteiger charge is -2.27. The number of carbonyl (C=O) groups is 1. The average molecular weight is 497 g/mol. The highest BCUT2D eigenvalue weighted by atomic mass is 16.5. The molecular formula is C29H28N4O4. The van der Waals surface area contributed by atoms with Crippen LogP contribution in [0.5, 0.6) is 17.2 Å². The Morgan fingerprint density at radius 1 is 1.00 bits per heavy atom. The van der Waals surface area contributed by atoms with Gasteiger partial charge in [-0.1, -0.05) is 42.5 Å². The van der Waals surface area contributed by atoms with E-state index in [4.69, 9.17) is 14.2 Å². The molecule has 188 valence electrons. The number of methoxy groups -OCH3 is 2. The number of carbonyl (C=O) groups excluding carboxylic acids is 1. The van der Waals surface area contributed by atoms with Gasteiger partial charge in [0.15, 0.2) is 11.5 Å². The van der Waals surface area contributed by atoms with E-state index < -0.39 is 0 Å². The Hall–Kier alpha value is -4.72. The summed E-state index contributed by atoms with van der Waals surface area (Å²) in [6.07, 6.45) is 3.65. The Bertz CT molecular complexity index is 1430. The quantitative estimate of drug-likeness (QED) is 0.330. The topological polar surface area (TPSA) is 86.6 Å². The summed E-state index contributed by atoms with van der Waals surface area (Å²) in [5.74, 6) is 2.29. The molecule has 37 heavy (non-hydrogen) atoms. The first-order valence-electron chi connectivity index (χ1n) is 12.0. The van der Waals surface area contributed by atoms with Gasteiger partial charge < -0.3 is 24.8 Å². The summed E-state index contributed by atoms with van der Waals surface area (Å²) in [5.41, 5.74) is 3.79. The summed E-state index contributed by atoms with van der Waals surface area (Å²) in [5, 5.41) is 11.0. The first-order valence-corrected chi connectivity index (χ1v) is 12.0. The third-order valence-corrected chi connectivity index (χ3v) is 6.14. The van der Waals surface area contributed by atoms with Crippen molar-refractivity contribution in [1.82, 2.24) is 9.78 Å². The summed E-state index contributed by atoms with van der Waals surface area (Å²) in [6.45, 7) is 2.51. The van der Waals surface area contributed by atoms with Gasteiger partial charge in [-0.3, -0.25) is 4.79 Å². The van der Waals surface area contributed by atoms with Crippen LogP contribution >= 0.6 is 0 Å². The number of anilines is 2. The van der Waals surface area contributed by atoms with Crippen molar-refractivity contribution in [2.45, 2.75) is 13.0 Å². The SMILES string of the molecule is CCOc1ccc(NC(=O)c2cnn3c2NC(c2ccccc2)=CC3c2cccc(OC)c2OC)cc1. The Balaban J connectivity index is 1.55. The highest BCUT2D eigenvalue weighted by Gasteiger charge is 2.30. The number of para-hydroxylation sites is 1. The highest BCUT2D eigenvalue weighted by Crippen LogP contribution is 2.41. The second kappa shape index (κ2) is 10.5. The zero-order valence-corrected chi connectivity index (χ0v) is 20.9. The van der Waals surface area contributed by atoms with Crippen molar-refractivity contribution < 1.29 is 19.0 Å². The molecule has 8 heteroatoms. The molecule has 8 nitrogen and oxygen atoms in total. The van der Waals surface area contributed by atoms with Crippen LogP contribution in [0.15, 0.2) is 85.1 Å². The van der Waals surface area contributed by atoms with Gasteiger partial charge in [0.1, 0.15) is 23.2 Å². The van der Waals surface area contributed by atoms with E-state index in [1.54, 1.807) is 25.1 Å². The van der Waals surface area contributed by atoms with Crippen LogP contribution in [0.25, 0.3) is 5.70 Å². The minimum Gasteiger partial charge on any atom is -0.494 e. The lowest BCUT2D eigenvalue weighted by atomic mass is 9.99. The van der Waals surface area contributed by atoms with Gasteiger partial charge in [-0.25, -0.2) is 4.68 Å². The standard InChI is InChI=1S/C29H28N4O4/c1-4-37-21-15-13-20(14-16-21)31-29(34)23-18-30-33-25(22-11-8-12-26(35-2)27(22)36-3)17-24(32-28(23)33)19-9-6-5-7-10-19/h5-18,25,32H,4H2,1-3H3,(H,31,34). The van der Waals surface area contributed by atoms with Crippen LogP contribution in [0.2, 0.25) is 0 Å². The van der Waals surface area contributed by atoms with E-state index in [-0.39, 0.29) is 11.9 Å². The maximum Gasteiger partial charge on any atom is 0.261 e. The number of hydrogen-bond donors (Lipinski definition) is 2. The largest absolute Gasteiger partial charge is 0.494 e. The number of nitrogens with one attached hydrogen (secondary N) is 2. The summed E-state index contributed by atoms with van der Waals surface area (Å²) < 4.78 is 18.6. The van der Waals surface area contributed by atoms with Gasteiger partial charge in [-0.15, -0.1) is 0 Å². The molecule has 1 amide bonds. The van der Waals surface area contributed by atoms with E-state index >= 15 is 0 Å². The zero-order chi connectivity index (χ0) is 25.8. The molecule has 0 fully saturated rings. The maximum absolute atomic E-state index is 13.4. The number of rotatable bonds is 8. The van der Waals surface area contributed by atoms with Crippen molar-refractivity contribution in [3.8, 4) is 17.2 Å². The minimum absolute atomic E-state index is 0.274. The van der Waals surface area contributed by atoms with Crippen LogP contribution in [-0.4, -0.2) is 36.5 Å². The van der Waals surface area contributed by atoms with Gasteiger partial charge in [-0.2, -0.15) is 5.10 Å². The molecule has 1 aliphatic rings. The minimum atomic E-state index is -0.344. The Morgan fingerprint density at radius 2 is 1.78 bits per heavy atom. The number of fused-ring (bicyclic) bond motifs is 1. The molecule has 3 aromatic carbocycles. The van der Waals surface area contributed by atoms with E-state index in [9.17, 15) is 4.79 Å². The Labute approximate surface area is 215 Å². The average Bonchev–Trinajstić information content (AvgIpc) is 3.38. The Kier molecular flexibility index (Phi) is 6.81. The molecule has 0 bridgehead atoms. The van der Waals surface area contributed by atoms with Crippen LogP contribution in [0.4, 0.5) is 11.5 Å². The molecule has 0 spiro atoms. The van der Waals surface area contributed by atoms with E-state index in [1.165, 1.54) is 0 Å². The number of amides is 1. The first kappa shape index (κ1) is 24.0. The summed E-state index contributed by atoms with van der Waals surface area (Å²) >= 11 is 0. The molecule has 0 aliphatic carbocycles. The maximum atomic E-state index is 13.4. The highest BCUT2D eigenvalue weighted by molar-refractivity contribution is 6.08. The number of aromatic nitrogens is 2. The molecule has 2 N–H and O–H groups in total. The van der Waals surface area contributed by atoms with E-state index in [0.29, 0.717) is 35.2 Å². The molecule has 1 aromatic heterocycles. The van der Waals surface area contributed by atoms with Crippen LogP contribution < -0.4 is 24.8 Å². The fraction of sp³-hybridized carbons (Fsp3) is 0.172. The number of ether oxygens (including phenoxy) is 3. The van der Waals surface area contributed by atoms with Gasteiger partial charge in [-0.05, 0) is 48.9 Å². The summed E-state index contributed by atoms with van der Waals surface area (Å²) in [6, 6.07) is 22.6. The molecule has 1 unspecified atom stereocenters. The molecule has 0 saturated heterocycles. The molecule has 0 radical (unpaired) electrons. The second-order valence-electron chi connectivity index (χ2n) is 8.36. The number of hydrogen-bond acceptors (Lipinski definition) is 6. The van der Waals surface area contributed by atoms with Gasteiger partial charge in [0.05, 0.1) is 27.0 Å².